The molecule has 0 unspecified atom stereocenters. The summed E-state index contributed by atoms with van der Waals surface area (Å²) in [5.41, 5.74) is 5.22. The smallest absolute Gasteiger partial charge is 0.306 e. The Labute approximate surface area is 285 Å². The molecule has 49 heavy (non-hydrogen) atoms. The fraction of sp³-hybridized carbons (Fsp3) is 0.0811. The molecule has 0 aliphatic heterocycles. The summed E-state index contributed by atoms with van der Waals surface area (Å²) in [5.74, 6) is 1.47. The van der Waals surface area contributed by atoms with Crippen LogP contribution in [0.1, 0.15) is 5.01 Å². The van der Waals surface area contributed by atoms with Crippen molar-refractivity contribution < 1.29 is 19.1 Å². The van der Waals surface area contributed by atoms with Crippen LogP contribution in [-0.4, -0.2) is 49.3 Å². The first-order chi connectivity index (χ1) is 24.2. The van der Waals surface area contributed by atoms with E-state index in [4.69, 9.17) is 14.5 Å². The third kappa shape index (κ3) is 3.96. The Morgan fingerprint density at radius 3 is 2.31 bits per heavy atom. The molecule has 10 aromatic rings. The molecule has 12 heteroatoms. The lowest BCUT2D eigenvalue weighted by molar-refractivity contribution is -0.541. The Bertz CT molecular complexity index is 2930. The monoisotopic (exact) mass is 678 g/mol. The molecule has 4 aromatic heterocycles. The van der Waals surface area contributed by atoms with Crippen molar-refractivity contribution in [1.82, 2.24) is 29.9 Å². The van der Waals surface area contributed by atoms with E-state index in [0.717, 1.165) is 65.9 Å². The SMILES string of the molecule is COc1ccc2c(c1)c(-c1nnc(OC)s1)c(-[n+]1c3ccccc3nc3c4cccc5ccc6cccc(c6c54)c31)n2-c1nnc(CO)s1. The fourth-order valence-electron chi connectivity index (χ4n) is 7.15. The van der Waals surface area contributed by atoms with Crippen LogP contribution >= 0.6 is 22.7 Å². The lowest BCUT2D eigenvalue weighted by atomic mass is 9.92. The topological polar surface area (TPSA) is 112 Å². The van der Waals surface area contributed by atoms with Crippen molar-refractivity contribution in [2.75, 3.05) is 14.2 Å². The van der Waals surface area contributed by atoms with Crippen LogP contribution in [0.4, 0.5) is 0 Å². The Hall–Kier alpha value is -5.82. The van der Waals surface area contributed by atoms with Gasteiger partial charge in [0.2, 0.25) is 0 Å². The summed E-state index contributed by atoms with van der Waals surface area (Å²) in [5, 5.41) is 37.9. The van der Waals surface area contributed by atoms with E-state index in [0.29, 0.717) is 26.1 Å². The van der Waals surface area contributed by atoms with Gasteiger partial charge in [-0.2, -0.15) is 9.13 Å². The number of methoxy groups -OCH3 is 2. The molecule has 0 bridgehead atoms. The summed E-state index contributed by atoms with van der Waals surface area (Å²) in [7, 11) is 3.25. The maximum absolute atomic E-state index is 10.1. The van der Waals surface area contributed by atoms with Crippen LogP contribution in [-0.2, 0) is 6.61 Å². The van der Waals surface area contributed by atoms with E-state index in [9.17, 15) is 5.11 Å². The standard InChI is InChI=1S/C37H24N7O3S2/c1-46-21-15-16-26-24(17-21)31(34-40-42-37(47-2)49-34)35(44(26)36-41-39-28(18-45)48-36)43-27-12-4-3-11-25(27)38-32-22-9-5-7-19-13-14-20-8-6-10-23(33(32)43)30(20)29(19)22/h3-17,45H,18H2,1-2H3/q+1. The summed E-state index contributed by atoms with van der Waals surface area (Å²) in [6.45, 7) is -0.218. The number of rotatable bonds is 6. The number of fused-ring (bicyclic) bond motifs is 5. The molecule has 236 valence electrons. The lowest BCUT2D eigenvalue weighted by Gasteiger charge is -2.16. The Kier molecular flexibility index (Phi) is 6.10. The highest BCUT2D eigenvalue weighted by molar-refractivity contribution is 7.16. The third-order valence-electron chi connectivity index (χ3n) is 9.14. The van der Waals surface area contributed by atoms with Gasteiger partial charge < -0.3 is 14.6 Å². The van der Waals surface area contributed by atoms with E-state index in [1.165, 1.54) is 33.4 Å². The van der Waals surface area contributed by atoms with Gasteiger partial charge in [-0.15, -0.1) is 10.2 Å². The second-order valence-electron chi connectivity index (χ2n) is 11.6. The Morgan fingerprint density at radius 2 is 1.55 bits per heavy atom. The minimum atomic E-state index is -0.218. The summed E-state index contributed by atoms with van der Waals surface area (Å²) >= 11 is 2.69. The maximum atomic E-state index is 10.1. The van der Waals surface area contributed by atoms with Gasteiger partial charge in [0.05, 0.1) is 20.8 Å². The number of hydrogen-bond donors (Lipinski definition) is 1. The molecule has 10 nitrogen and oxygen atoms in total. The molecule has 0 fully saturated rings. The number of aliphatic hydroxyl groups excluding tert-OH is 1. The number of hydrogen-bond acceptors (Lipinski definition) is 10. The van der Waals surface area contributed by atoms with Gasteiger partial charge in [0.15, 0.2) is 16.0 Å². The number of nitrogens with zero attached hydrogens (tertiary/aromatic N) is 7. The minimum absolute atomic E-state index is 0.218. The van der Waals surface area contributed by atoms with Crippen molar-refractivity contribution in [3.63, 3.8) is 0 Å². The van der Waals surface area contributed by atoms with Crippen molar-refractivity contribution in [1.29, 1.82) is 0 Å². The van der Waals surface area contributed by atoms with Gasteiger partial charge in [-0.05, 0) is 52.6 Å². The molecule has 0 saturated carbocycles. The van der Waals surface area contributed by atoms with Gasteiger partial charge in [-0.25, -0.2) is 4.98 Å². The van der Waals surface area contributed by atoms with Crippen LogP contribution in [0.15, 0.2) is 91.0 Å². The minimum Gasteiger partial charge on any atom is -0.497 e. The van der Waals surface area contributed by atoms with E-state index in [1.54, 1.807) is 14.2 Å². The van der Waals surface area contributed by atoms with Crippen LogP contribution in [0.25, 0.3) is 86.8 Å². The van der Waals surface area contributed by atoms with Crippen molar-refractivity contribution in [3.8, 4) is 32.5 Å². The van der Waals surface area contributed by atoms with Crippen LogP contribution in [0.5, 0.6) is 10.9 Å². The predicted octanol–water partition coefficient (Wildman–Crippen LogP) is 7.39. The lowest BCUT2D eigenvalue weighted by Crippen LogP contribution is -2.36. The van der Waals surface area contributed by atoms with E-state index in [-0.39, 0.29) is 6.61 Å². The highest BCUT2D eigenvalue weighted by Gasteiger charge is 2.36. The zero-order chi connectivity index (χ0) is 32.8. The molecular formula is C37H24N7O3S2+. The molecule has 1 N–H and O–H groups in total. The second-order valence-corrected chi connectivity index (χ2v) is 13.6. The van der Waals surface area contributed by atoms with Crippen molar-refractivity contribution >= 4 is 88.0 Å². The average molecular weight is 679 g/mol. The Balaban J connectivity index is 1.52. The molecule has 0 saturated heterocycles. The first-order valence-electron chi connectivity index (χ1n) is 15.5. The number of ether oxygens (including phenoxy) is 2. The highest BCUT2D eigenvalue weighted by Crippen LogP contribution is 2.44. The first kappa shape index (κ1) is 28.2. The normalized spacial score (nSPS) is 12.1. The summed E-state index contributed by atoms with van der Waals surface area (Å²) in [4.78, 5) is 5.38. The summed E-state index contributed by atoms with van der Waals surface area (Å²) < 4.78 is 15.7. The molecule has 6 aromatic carbocycles. The molecule has 0 aliphatic carbocycles. The van der Waals surface area contributed by atoms with Gasteiger partial charge >= 0.3 is 10.9 Å². The van der Waals surface area contributed by atoms with Crippen molar-refractivity contribution in [3.05, 3.63) is 96.0 Å². The summed E-state index contributed by atoms with van der Waals surface area (Å²) in [6.07, 6.45) is 0. The average Bonchev–Trinajstić information content (AvgIpc) is 3.90. The van der Waals surface area contributed by atoms with Crippen LogP contribution in [0.3, 0.4) is 0 Å². The largest absolute Gasteiger partial charge is 0.497 e. The van der Waals surface area contributed by atoms with Gasteiger partial charge in [-0.3, -0.25) is 0 Å². The fourth-order valence-corrected chi connectivity index (χ4v) is 8.58. The Morgan fingerprint density at radius 1 is 0.755 bits per heavy atom. The zero-order valence-corrected chi connectivity index (χ0v) is 27.7. The zero-order valence-electron chi connectivity index (χ0n) is 26.1. The molecule has 0 radical (unpaired) electrons. The van der Waals surface area contributed by atoms with Crippen LogP contribution in [0, 0.1) is 0 Å². The summed E-state index contributed by atoms with van der Waals surface area (Å²) in [6, 6.07) is 31.4. The molecular weight excluding hydrogens is 655 g/mol. The van der Waals surface area contributed by atoms with Crippen molar-refractivity contribution in [2.24, 2.45) is 0 Å². The molecule has 10 rings (SSSR count). The van der Waals surface area contributed by atoms with E-state index in [2.05, 4.69) is 84.1 Å². The number of aromatic nitrogens is 7. The van der Waals surface area contributed by atoms with Gasteiger partial charge in [0.25, 0.3) is 5.19 Å². The van der Waals surface area contributed by atoms with Crippen LogP contribution in [0.2, 0.25) is 0 Å². The number of benzene rings is 6. The first-order valence-corrected chi connectivity index (χ1v) is 17.1. The number of aliphatic hydroxyl groups is 1. The van der Waals surface area contributed by atoms with Crippen LogP contribution < -0.4 is 14.0 Å². The third-order valence-corrected chi connectivity index (χ3v) is 10.9. The van der Waals surface area contributed by atoms with Crippen molar-refractivity contribution in [2.45, 2.75) is 6.61 Å². The van der Waals surface area contributed by atoms with Gasteiger partial charge in [0.1, 0.15) is 32.9 Å². The number of para-hydroxylation sites is 2. The molecule has 4 heterocycles. The molecule has 0 spiro atoms. The van der Waals surface area contributed by atoms with Gasteiger partial charge in [0, 0.05) is 21.5 Å². The predicted molar refractivity (Wildman–Crippen MR) is 193 cm³/mol. The molecule has 0 aliphatic rings. The van der Waals surface area contributed by atoms with Gasteiger partial charge in [-0.1, -0.05) is 87.5 Å². The molecule has 0 amide bonds. The van der Waals surface area contributed by atoms with E-state index in [1.807, 2.05) is 36.4 Å². The second kappa shape index (κ2) is 10.6. The van der Waals surface area contributed by atoms with E-state index < -0.39 is 0 Å². The van der Waals surface area contributed by atoms with E-state index >= 15 is 0 Å². The maximum Gasteiger partial charge on any atom is 0.306 e. The highest BCUT2D eigenvalue weighted by atomic mass is 32.1. The quantitative estimate of drug-likeness (QED) is 0.110. The molecule has 0 atom stereocenters.